The summed E-state index contributed by atoms with van der Waals surface area (Å²) in [5.74, 6) is -0.221. The number of rotatable bonds is 5. The molecule has 19 heavy (non-hydrogen) atoms. The largest absolute Gasteiger partial charge is 0.489 e. The van der Waals surface area contributed by atoms with E-state index in [1.54, 1.807) is 37.3 Å². The molecule has 0 bridgehead atoms. The van der Waals surface area contributed by atoms with Crippen LogP contribution in [0.3, 0.4) is 0 Å². The molecule has 5 heteroatoms. The van der Waals surface area contributed by atoms with E-state index in [1.165, 1.54) is 0 Å². The van der Waals surface area contributed by atoms with Crippen molar-refractivity contribution < 1.29 is 14.3 Å². The van der Waals surface area contributed by atoms with Gasteiger partial charge in [-0.15, -0.1) is 0 Å². The van der Waals surface area contributed by atoms with Gasteiger partial charge in [-0.3, -0.25) is 14.4 Å². The summed E-state index contributed by atoms with van der Waals surface area (Å²) in [5, 5.41) is 0. The van der Waals surface area contributed by atoms with Crippen LogP contribution >= 0.6 is 0 Å². The van der Waals surface area contributed by atoms with Crippen molar-refractivity contribution in [3.63, 3.8) is 0 Å². The number of hydrogen-bond donors (Lipinski definition) is 0. The third kappa shape index (κ3) is 2.70. The molecular weight excluding hydrogens is 248 g/mol. The first-order chi connectivity index (χ1) is 9.13. The molecule has 0 radical (unpaired) electrons. The first-order valence-corrected chi connectivity index (χ1v) is 5.84. The molecule has 0 heterocycles. The molecule has 0 aliphatic rings. The zero-order chi connectivity index (χ0) is 13.8. The lowest BCUT2D eigenvalue weighted by atomic mass is 10.1. The first-order valence-electron chi connectivity index (χ1n) is 5.84. The number of ether oxygens (including phenoxy) is 2. The molecule has 0 saturated heterocycles. The third-order valence-electron chi connectivity index (χ3n) is 2.55. The number of benzene rings is 1. The van der Waals surface area contributed by atoms with E-state index in [-0.39, 0.29) is 24.3 Å². The Morgan fingerprint density at radius 1 is 1.11 bits per heavy atom. The highest BCUT2D eigenvalue weighted by atomic mass is 16.5. The minimum Gasteiger partial charge on any atom is -0.489 e. The Bertz CT molecular complexity index is 650. The van der Waals surface area contributed by atoms with Crippen LogP contribution in [0.1, 0.15) is 12.5 Å². The van der Waals surface area contributed by atoms with Crippen LogP contribution in [0.25, 0.3) is 0 Å². The Morgan fingerprint density at radius 2 is 1.79 bits per heavy atom. The molecule has 0 amide bonds. The van der Waals surface area contributed by atoms with Gasteiger partial charge in [0, 0.05) is 0 Å². The summed E-state index contributed by atoms with van der Waals surface area (Å²) in [6.07, 6.45) is -0.255. The maximum absolute atomic E-state index is 11.6. The zero-order valence-corrected chi connectivity index (χ0v) is 10.3. The fourth-order valence-corrected chi connectivity index (χ4v) is 1.68. The topological polar surface area (TPSA) is 69.7 Å². The average Bonchev–Trinajstić information content (AvgIpc) is 2.43. The molecule has 0 aliphatic heterocycles. The van der Waals surface area contributed by atoms with Crippen LogP contribution in [-0.2, 0) is 11.2 Å². The molecule has 0 spiro atoms. The van der Waals surface area contributed by atoms with Crippen LogP contribution in [-0.4, -0.2) is 12.6 Å². The van der Waals surface area contributed by atoms with Gasteiger partial charge in [0.05, 0.1) is 18.6 Å². The second kappa shape index (κ2) is 5.48. The van der Waals surface area contributed by atoms with Gasteiger partial charge < -0.3 is 9.47 Å². The Morgan fingerprint density at radius 3 is 2.42 bits per heavy atom. The molecule has 2 aromatic rings. The van der Waals surface area contributed by atoms with Crippen molar-refractivity contribution in [3.8, 4) is 11.5 Å². The maximum Gasteiger partial charge on any atom is 0.315 e. The first kappa shape index (κ1) is 13.0. The van der Waals surface area contributed by atoms with Crippen molar-refractivity contribution >= 4 is 5.97 Å². The average molecular weight is 260 g/mol. The van der Waals surface area contributed by atoms with Crippen LogP contribution in [0.4, 0.5) is 0 Å². The van der Waals surface area contributed by atoms with Crippen LogP contribution < -0.4 is 20.3 Å². The highest BCUT2D eigenvalue weighted by molar-refractivity contribution is 5.76. The van der Waals surface area contributed by atoms with Gasteiger partial charge >= 0.3 is 5.97 Å². The van der Waals surface area contributed by atoms with Crippen LogP contribution in [0.5, 0.6) is 11.5 Å². The summed E-state index contributed by atoms with van der Waals surface area (Å²) < 4.78 is 10.1. The highest BCUT2D eigenvalue weighted by Crippen LogP contribution is 2.14. The number of para-hydroxylation sites is 1. The zero-order valence-electron chi connectivity index (χ0n) is 10.3. The maximum atomic E-state index is 11.6. The molecule has 2 rings (SSSR count). The van der Waals surface area contributed by atoms with E-state index in [1.807, 2.05) is 0 Å². The van der Waals surface area contributed by atoms with Crippen LogP contribution in [0, 0.1) is 0 Å². The number of carbonyl (C=O) groups is 1. The molecule has 0 unspecified atom stereocenters. The van der Waals surface area contributed by atoms with E-state index < -0.39 is 16.8 Å². The molecular formula is C14H12O5. The van der Waals surface area contributed by atoms with Crippen molar-refractivity contribution in [3.05, 3.63) is 56.3 Å². The van der Waals surface area contributed by atoms with Gasteiger partial charge in [-0.2, -0.15) is 0 Å². The lowest BCUT2D eigenvalue weighted by Gasteiger charge is -2.10. The predicted octanol–water partition coefficient (Wildman–Crippen LogP) is 0.829. The van der Waals surface area contributed by atoms with E-state index >= 15 is 0 Å². The molecule has 2 aromatic carbocycles. The fourth-order valence-electron chi connectivity index (χ4n) is 1.68. The lowest BCUT2D eigenvalue weighted by molar-refractivity contribution is -0.133. The van der Waals surface area contributed by atoms with E-state index in [9.17, 15) is 14.4 Å². The Labute approximate surface area is 109 Å². The van der Waals surface area contributed by atoms with Crippen molar-refractivity contribution in [2.75, 3.05) is 6.61 Å². The summed E-state index contributed by atoms with van der Waals surface area (Å²) in [7, 11) is 0. The molecule has 0 atom stereocenters. The minimum atomic E-state index is -0.677. The van der Waals surface area contributed by atoms with Crippen molar-refractivity contribution in [2.45, 2.75) is 13.3 Å². The van der Waals surface area contributed by atoms with Gasteiger partial charge in [-0.05, 0) is 19.1 Å². The Kier molecular flexibility index (Phi) is 3.75. The van der Waals surface area contributed by atoms with E-state index in [2.05, 4.69) is 0 Å². The SMILES string of the molecule is CCOc1c(CC(=O)Oc2ccccc2)c(=O)c1=O. The predicted molar refractivity (Wildman–Crippen MR) is 68.3 cm³/mol. The number of hydrogen-bond acceptors (Lipinski definition) is 5. The normalized spacial score (nSPS) is 10.4. The fraction of sp³-hybridized carbons (Fsp3) is 0.214. The second-order valence-corrected chi connectivity index (χ2v) is 3.86. The van der Waals surface area contributed by atoms with Gasteiger partial charge in [0.2, 0.25) is 5.43 Å². The van der Waals surface area contributed by atoms with Gasteiger partial charge in [-0.25, -0.2) is 0 Å². The van der Waals surface area contributed by atoms with Crippen molar-refractivity contribution in [1.82, 2.24) is 0 Å². The molecule has 0 fully saturated rings. The number of carbonyl (C=O) groups excluding carboxylic acids is 1. The second-order valence-electron chi connectivity index (χ2n) is 3.86. The molecule has 0 aromatic heterocycles. The molecule has 5 nitrogen and oxygen atoms in total. The van der Waals surface area contributed by atoms with Crippen molar-refractivity contribution in [1.29, 1.82) is 0 Å². The smallest absolute Gasteiger partial charge is 0.315 e. The molecule has 98 valence electrons. The van der Waals surface area contributed by atoms with Gasteiger partial charge in [0.15, 0.2) is 5.75 Å². The van der Waals surface area contributed by atoms with E-state index in [4.69, 9.17) is 9.47 Å². The third-order valence-corrected chi connectivity index (χ3v) is 2.55. The minimum absolute atomic E-state index is 0.0162. The van der Waals surface area contributed by atoms with Crippen molar-refractivity contribution in [2.24, 2.45) is 0 Å². The number of esters is 1. The summed E-state index contributed by atoms with van der Waals surface area (Å²) in [6, 6.07) is 8.51. The van der Waals surface area contributed by atoms with E-state index in [0.29, 0.717) is 5.75 Å². The molecule has 0 N–H and O–H groups in total. The summed E-state index contributed by atoms with van der Waals surface area (Å²) in [5.41, 5.74) is -1.26. The van der Waals surface area contributed by atoms with Crippen LogP contribution in [0.15, 0.2) is 39.9 Å². The Hall–Kier alpha value is -2.43. The monoisotopic (exact) mass is 260 g/mol. The standard InChI is InChI=1S/C14H12O5/c1-2-18-14-10(12(16)13(14)17)8-11(15)19-9-6-4-3-5-7-9/h3-7H,2,8H2,1H3. The van der Waals surface area contributed by atoms with E-state index in [0.717, 1.165) is 0 Å². The molecule has 0 aliphatic carbocycles. The summed E-state index contributed by atoms with van der Waals surface area (Å²) in [4.78, 5) is 34.2. The molecule has 0 saturated carbocycles. The Balaban J connectivity index is 2.06. The quantitative estimate of drug-likeness (QED) is 0.452. The van der Waals surface area contributed by atoms with Gasteiger partial charge in [0.25, 0.3) is 5.43 Å². The summed E-state index contributed by atoms with van der Waals surface area (Å²) in [6.45, 7) is 1.97. The van der Waals surface area contributed by atoms with Gasteiger partial charge in [-0.1, -0.05) is 18.2 Å². The van der Waals surface area contributed by atoms with Crippen LogP contribution in [0.2, 0.25) is 0 Å². The lowest BCUT2D eigenvalue weighted by Crippen LogP contribution is -2.38. The summed E-state index contributed by atoms with van der Waals surface area (Å²) >= 11 is 0. The van der Waals surface area contributed by atoms with Gasteiger partial charge in [0.1, 0.15) is 5.75 Å². The highest BCUT2D eigenvalue weighted by Gasteiger charge is 2.24.